The number of hydrogen-bond donors (Lipinski definition) is 2. The number of carbonyl (C=O) groups is 1. The molecule has 2 N–H and O–H groups in total. The summed E-state index contributed by atoms with van der Waals surface area (Å²) in [6, 6.07) is 7.67. The minimum atomic E-state index is -0.458. The van der Waals surface area contributed by atoms with Gasteiger partial charge in [0.1, 0.15) is 5.75 Å². The van der Waals surface area contributed by atoms with Gasteiger partial charge in [-0.05, 0) is 88.3 Å². The van der Waals surface area contributed by atoms with Crippen LogP contribution in [0, 0.1) is 12.8 Å². The lowest BCUT2D eigenvalue weighted by atomic mass is 9.83. The van der Waals surface area contributed by atoms with Crippen molar-refractivity contribution in [2.24, 2.45) is 5.92 Å². The molecule has 3 heterocycles. The summed E-state index contributed by atoms with van der Waals surface area (Å²) in [5.41, 5.74) is 6.05. The quantitative estimate of drug-likeness (QED) is 0.265. The van der Waals surface area contributed by atoms with Crippen LogP contribution in [0.4, 0.5) is 0 Å². The molecule has 42 heavy (non-hydrogen) atoms. The molecule has 0 amide bonds. The number of aromatic amines is 1. The number of aromatic nitrogens is 3. The van der Waals surface area contributed by atoms with Crippen molar-refractivity contribution in [2.45, 2.75) is 107 Å². The lowest BCUT2D eigenvalue weighted by molar-refractivity contribution is -0.118. The van der Waals surface area contributed by atoms with Crippen LogP contribution in [-0.4, -0.2) is 38.3 Å². The molecule has 0 radical (unpaired) electrons. The molecule has 232 valence electrons. The third-order valence-electron chi connectivity index (χ3n) is 7.19. The SMILES string of the molecule is C/C=C(/C(=O)C1COc2ccc(Cl)cc2C1)c1cnc(-c2cn[nH]c2C)cc1C(C)CC.CC.CC.CCC(C)(C)O. The third-order valence-corrected chi connectivity index (χ3v) is 7.43. The highest BCUT2D eigenvalue weighted by Crippen LogP contribution is 2.36. The van der Waals surface area contributed by atoms with Crippen molar-refractivity contribution in [1.82, 2.24) is 15.2 Å². The second-order valence-corrected chi connectivity index (χ2v) is 11.0. The normalized spacial score (nSPS) is 14.9. The topological polar surface area (TPSA) is 88.1 Å². The number of halogens is 1. The standard InChI is InChI=1S/C26H28ClN3O2.C5H12O.2C2H6/c1-5-15(3)21-11-24(22-13-29-30-16(22)4)28-12-23(21)20(6-2)26(31)18-9-17-10-19(27)7-8-25(17)32-14-18;1-4-5(2,3)6;2*1-2/h6-8,10-13,15,18H,5,9,14H2,1-4H3,(H,29,30);6H,4H2,1-3H3;2*1-2H3/b20-6+;;;. The number of Topliss-reactive ketones (excluding diaryl/α,β-unsaturated/α-hetero) is 1. The van der Waals surface area contributed by atoms with E-state index in [1.165, 1.54) is 0 Å². The van der Waals surface area contributed by atoms with Gasteiger partial charge in [-0.15, -0.1) is 0 Å². The van der Waals surface area contributed by atoms with Gasteiger partial charge in [-0.25, -0.2) is 0 Å². The highest BCUT2D eigenvalue weighted by Gasteiger charge is 2.30. The van der Waals surface area contributed by atoms with E-state index in [0.29, 0.717) is 23.6 Å². The predicted octanol–water partition coefficient (Wildman–Crippen LogP) is 9.39. The van der Waals surface area contributed by atoms with E-state index in [-0.39, 0.29) is 17.6 Å². The van der Waals surface area contributed by atoms with Crippen LogP contribution < -0.4 is 4.74 Å². The minimum Gasteiger partial charge on any atom is -0.493 e. The van der Waals surface area contributed by atoms with Crippen LogP contribution in [0.1, 0.15) is 110 Å². The number of hydrogen-bond acceptors (Lipinski definition) is 5. The Morgan fingerprint density at radius 1 is 1.19 bits per heavy atom. The van der Waals surface area contributed by atoms with Gasteiger partial charge in [0, 0.05) is 33.6 Å². The van der Waals surface area contributed by atoms with Crippen LogP contribution in [0.2, 0.25) is 5.02 Å². The lowest BCUT2D eigenvalue weighted by Crippen LogP contribution is -2.29. The van der Waals surface area contributed by atoms with Gasteiger partial charge in [0.25, 0.3) is 0 Å². The summed E-state index contributed by atoms with van der Waals surface area (Å²) in [6.07, 6.45) is 7.94. The van der Waals surface area contributed by atoms with E-state index in [4.69, 9.17) is 26.4 Å². The summed E-state index contributed by atoms with van der Waals surface area (Å²) < 4.78 is 5.89. The van der Waals surface area contributed by atoms with Crippen molar-refractivity contribution in [3.63, 3.8) is 0 Å². The maximum absolute atomic E-state index is 13.6. The molecule has 7 heteroatoms. The Balaban J connectivity index is 0.000000775. The zero-order chi connectivity index (χ0) is 32.0. The van der Waals surface area contributed by atoms with E-state index in [9.17, 15) is 4.79 Å². The van der Waals surface area contributed by atoms with Crippen molar-refractivity contribution < 1.29 is 14.6 Å². The lowest BCUT2D eigenvalue weighted by Gasteiger charge is -2.26. The second kappa shape index (κ2) is 17.9. The fourth-order valence-electron chi connectivity index (χ4n) is 4.26. The van der Waals surface area contributed by atoms with Crippen molar-refractivity contribution in [3.05, 3.63) is 70.1 Å². The smallest absolute Gasteiger partial charge is 0.170 e. The number of fused-ring (bicyclic) bond motifs is 1. The third kappa shape index (κ3) is 10.1. The van der Waals surface area contributed by atoms with E-state index < -0.39 is 5.60 Å². The molecule has 0 bridgehead atoms. The van der Waals surface area contributed by atoms with Crippen molar-refractivity contribution in [1.29, 1.82) is 0 Å². The molecular weight excluding hydrogens is 546 g/mol. The number of nitrogens with one attached hydrogen (secondary N) is 1. The van der Waals surface area contributed by atoms with Gasteiger partial charge in [0.2, 0.25) is 0 Å². The fraction of sp³-hybridized carbons (Fsp3) is 0.514. The molecule has 0 spiro atoms. The molecule has 3 aromatic rings. The van der Waals surface area contributed by atoms with Gasteiger partial charge in [0.15, 0.2) is 5.78 Å². The first-order chi connectivity index (χ1) is 20.0. The van der Waals surface area contributed by atoms with E-state index in [1.807, 2.05) is 78.9 Å². The number of H-pyrrole nitrogens is 1. The van der Waals surface area contributed by atoms with Gasteiger partial charge in [-0.1, -0.05) is 66.1 Å². The molecule has 1 aliphatic rings. The summed E-state index contributed by atoms with van der Waals surface area (Å²) >= 11 is 6.16. The molecule has 0 saturated heterocycles. The summed E-state index contributed by atoms with van der Waals surface area (Å²) in [6.45, 7) is 22.2. The summed E-state index contributed by atoms with van der Waals surface area (Å²) in [4.78, 5) is 18.3. The predicted molar refractivity (Wildman–Crippen MR) is 177 cm³/mol. The molecule has 0 fully saturated rings. The van der Waals surface area contributed by atoms with Crippen LogP contribution in [0.15, 0.2) is 42.7 Å². The Morgan fingerprint density at radius 3 is 2.36 bits per heavy atom. The van der Waals surface area contributed by atoms with Gasteiger partial charge in [-0.2, -0.15) is 5.10 Å². The first-order valence-corrected chi connectivity index (χ1v) is 15.7. The molecule has 2 unspecified atom stereocenters. The number of allylic oxidation sites excluding steroid dienone is 2. The van der Waals surface area contributed by atoms with E-state index in [1.54, 1.807) is 20.0 Å². The van der Waals surface area contributed by atoms with Crippen LogP contribution in [0.5, 0.6) is 5.75 Å². The van der Waals surface area contributed by atoms with Gasteiger partial charge >= 0.3 is 0 Å². The van der Waals surface area contributed by atoms with Crippen LogP contribution in [0.3, 0.4) is 0 Å². The zero-order valence-corrected chi connectivity index (χ0v) is 28.3. The van der Waals surface area contributed by atoms with E-state index in [0.717, 1.165) is 52.2 Å². The number of benzene rings is 1. The minimum absolute atomic E-state index is 0.0803. The number of rotatable bonds is 7. The van der Waals surface area contributed by atoms with Crippen molar-refractivity contribution in [2.75, 3.05) is 6.61 Å². The Bertz CT molecular complexity index is 1290. The molecule has 4 rings (SSSR count). The largest absolute Gasteiger partial charge is 0.493 e. The molecule has 0 aliphatic carbocycles. The van der Waals surface area contributed by atoms with Gasteiger partial charge in [0.05, 0.1) is 30.0 Å². The number of ether oxygens (including phenoxy) is 1. The second-order valence-electron chi connectivity index (χ2n) is 10.6. The number of ketones is 1. The first kappa shape index (κ1) is 37.1. The monoisotopic (exact) mass is 597 g/mol. The highest BCUT2D eigenvalue weighted by molar-refractivity contribution is 6.30. The average molecular weight is 598 g/mol. The van der Waals surface area contributed by atoms with Crippen LogP contribution in [-0.2, 0) is 11.2 Å². The number of nitrogens with zero attached hydrogens (tertiary/aromatic N) is 2. The van der Waals surface area contributed by atoms with Crippen molar-refractivity contribution in [3.8, 4) is 17.0 Å². The molecule has 1 aromatic carbocycles. The van der Waals surface area contributed by atoms with Crippen LogP contribution >= 0.6 is 11.6 Å². The summed E-state index contributed by atoms with van der Waals surface area (Å²) in [7, 11) is 0. The van der Waals surface area contributed by atoms with Gasteiger partial charge < -0.3 is 9.84 Å². The summed E-state index contributed by atoms with van der Waals surface area (Å²) in [5.74, 6) is 0.913. The number of aryl methyl sites for hydroxylation is 1. The molecule has 2 atom stereocenters. The first-order valence-electron chi connectivity index (χ1n) is 15.3. The number of aliphatic hydroxyl groups is 1. The van der Waals surface area contributed by atoms with Crippen molar-refractivity contribution >= 4 is 23.0 Å². The molecule has 6 nitrogen and oxygen atoms in total. The average Bonchev–Trinajstić information content (AvgIpc) is 3.44. The fourth-order valence-corrected chi connectivity index (χ4v) is 4.46. The highest BCUT2D eigenvalue weighted by atomic mass is 35.5. The molecular formula is C35H52ClN3O3. The van der Waals surface area contributed by atoms with E-state index in [2.05, 4.69) is 30.1 Å². The number of carbonyl (C=O) groups excluding carboxylic acids is 1. The Labute approximate surface area is 259 Å². The summed E-state index contributed by atoms with van der Waals surface area (Å²) in [5, 5.41) is 16.6. The Morgan fingerprint density at radius 2 is 1.83 bits per heavy atom. The molecule has 1 aliphatic heterocycles. The maximum Gasteiger partial charge on any atom is 0.170 e. The Kier molecular flexibility index (Phi) is 15.8. The van der Waals surface area contributed by atoms with Gasteiger partial charge in [-0.3, -0.25) is 14.9 Å². The van der Waals surface area contributed by atoms with E-state index >= 15 is 0 Å². The number of pyridine rings is 1. The molecule has 0 saturated carbocycles. The molecule has 2 aromatic heterocycles. The zero-order valence-electron chi connectivity index (χ0n) is 27.6. The van der Waals surface area contributed by atoms with Crippen LogP contribution in [0.25, 0.3) is 16.8 Å². The Hall–Kier alpha value is -2.96. The maximum atomic E-state index is 13.6.